The van der Waals surface area contributed by atoms with E-state index in [1.165, 1.54) is 12.1 Å². The molecule has 7 nitrogen and oxygen atoms in total. The van der Waals surface area contributed by atoms with Gasteiger partial charge in [0.05, 0.1) is 10.8 Å². The molecule has 0 aliphatic heterocycles. The van der Waals surface area contributed by atoms with Gasteiger partial charge in [-0.25, -0.2) is 13.1 Å². The van der Waals surface area contributed by atoms with Crippen molar-refractivity contribution >= 4 is 46.4 Å². The number of nitrogens with zero attached hydrogens (tertiary/aromatic N) is 1. The Morgan fingerprint density at radius 1 is 1.23 bits per heavy atom. The number of carbonyl (C=O) groups is 1. The molecule has 1 atom stereocenters. The number of pyridine rings is 1. The number of carbonyl (C=O) groups excluding carboxylic acids is 1. The van der Waals surface area contributed by atoms with Gasteiger partial charge in [-0.2, -0.15) is 0 Å². The van der Waals surface area contributed by atoms with Crippen LogP contribution in [0.5, 0.6) is 0 Å². The van der Waals surface area contributed by atoms with Crippen LogP contribution in [-0.2, 0) is 14.8 Å². The summed E-state index contributed by atoms with van der Waals surface area (Å²) < 4.78 is 26.6. The highest BCUT2D eigenvalue weighted by molar-refractivity contribution is 7.89. The Balaban J connectivity index is 0.00000312. The number of rotatable bonds is 7. The summed E-state index contributed by atoms with van der Waals surface area (Å²) in [6.45, 7) is 2.12. The van der Waals surface area contributed by atoms with Crippen molar-refractivity contribution in [1.29, 1.82) is 0 Å². The van der Waals surface area contributed by atoms with Crippen molar-refractivity contribution in [2.45, 2.75) is 17.7 Å². The molecule has 0 saturated heterocycles. The predicted octanol–water partition coefficient (Wildman–Crippen LogP) is 1.90. The van der Waals surface area contributed by atoms with E-state index < -0.39 is 15.9 Å². The van der Waals surface area contributed by atoms with Gasteiger partial charge in [-0.1, -0.05) is 12.1 Å². The molecule has 1 aromatic heterocycles. The summed E-state index contributed by atoms with van der Waals surface area (Å²) in [5.74, 6) is -0.651. The smallest absolute Gasteiger partial charge is 0.240 e. The minimum atomic E-state index is -3.64. The fourth-order valence-electron chi connectivity index (χ4n) is 2.05. The first kappa shape index (κ1) is 24.3. The molecule has 0 radical (unpaired) electrons. The Hall–Kier alpha value is -1.71. The molecule has 1 unspecified atom stereocenters. The second kappa shape index (κ2) is 11.1. The van der Waals surface area contributed by atoms with E-state index in [9.17, 15) is 13.2 Å². The van der Waals surface area contributed by atoms with Gasteiger partial charge < -0.3 is 11.1 Å². The molecule has 1 heterocycles. The lowest BCUT2D eigenvalue weighted by Crippen LogP contribution is -2.29. The van der Waals surface area contributed by atoms with E-state index >= 15 is 0 Å². The Bertz CT molecular complexity index is 804. The van der Waals surface area contributed by atoms with Crippen LogP contribution in [0.2, 0.25) is 0 Å². The lowest BCUT2D eigenvalue weighted by atomic mass is 10.0. The van der Waals surface area contributed by atoms with Crippen LogP contribution in [-0.4, -0.2) is 32.4 Å². The lowest BCUT2D eigenvalue weighted by Gasteiger charge is -2.13. The van der Waals surface area contributed by atoms with Gasteiger partial charge in [0.15, 0.2) is 0 Å². The van der Waals surface area contributed by atoms with E-state index in [1.807, 2.05) is 6.07 Å². The number of amides is 1. The molecule has 0 bridgehead atoms. The minimum Gasteiger partial charge on any atom is -0.329 e. The third-order valence-electron chi connectivity index (χ3n) is 3.43. The Labute approximate surface area is 165 Å². The number of nitrogens with two attached hydrogens (primary N) is 1. The first-order chi connectivity index (χ1) is 11.4. The van der Waals surface area contributed by atoms with Gasteiger partial charge in [-0.3, -0.25) is 9.78 Å². The maximum Gasteiger partial charge on any atom is 0.240 e. The first-order valence-corrected chi connectivity index (χ1v) is 8.93. The molecule has 0 saturated carbocycles. The van der Waals surface area contributed by atoms with Gasteiger partial charge in [0.25, 0.3) is 0 Å². The fourth-order valence-corrected chi connectivity index (χ4v) is 3.14. The van der Waals surface area contributed by atoms with Crippen molar-refractivity contribution in [3.8, 4) is 0 Å². The molecule has 10 heteroatoms. The summed E-state index contributed by atoms with van der Waals surface area (Å²) in [6.07, 6.45) is 3.26. The van der Waals surface area contributed by atoms with Gasteiger partial charge in [-0.05, 0) is 36.8 Å². The molecule has 26 heavy (non-hydrogen) atoms. The molecule has 0 fully saturated rings. The zero-order chi connectivity index (χ0) is 17.6. The Morgan fingerprint density at radius 3 is 2.58 bits per heavy atom. The van der Waals surface area contributed by atoms with E-state index in [-0.39, 0.29) is 48.7 Å². The van der Waals surface area contributed by atoms with Gasteiger partial charge in [0.2, 0.25) is 15.9 Å². The summed E-state index contributed by atoms with van der Waals surface area (Å²) in [7, 11) is -3.64. The van der Waals surface area contributed by atoms with Crippen LogP contribution in [0.4, 0.5) is 5.69 Å². The molecule has 144 valence electrons. The maximum atomic E-state index is 12.3. The monoisotopic (exact) mass is 420 g/mol. The highest BCUT2D eigenvalue weighted by Crippen LogP contribution is 2.19. The van der Waals surface area contributed by atoms with Crippen LogP contribution in [0.3, 0.4) is 0 Å². The fraction of sp³-hybridized carbons (Fsp3) is 0.250. The van der Waals surface area contributed by atoms with Crippen LogP contribution in [0.1, 0.15) is 18.4 Å². The maximum absolute atomic E-state index is 12.3. The second-order valence-electron chi connectivity index (χ2n) is 5.21. The molecule has 4 N–H and O–H groups in total. The van der Waals surface area contributed by atoms with Crippen molar-refractivity contribution in [2.75, 3.05) is 18.4 Å². The number of aromatic nitrogens is 1. The quantitative estimate of drug-likeness (QED) is 0.632. The zero-order valence-electron chi connectivity index (χ0n) is 14.1. The average molecular weight is 421 g/mol. The molecule has 1 aromatic carbocycles. The normalized spacial score (nSPS) is 11.6. The number of benzene rings is 1. The zero-order valence-corrected chi connectivity index (χ0v) is 16.5. The van der Waals surface area contributed by atoms with E-state index in [0.717, 1.165) is 5.56 Å². The molecular weight excluding hydrogens is 399 g/mol. The van der Waals surface area contributed by atoms with Crippen LogP contribution in [0.25, 0.3) is 0 Å². The largest absolute Gasteiger partial charge is 0.329 e. The van der Waals surface area contributed by atoms with Crippen molar-refractivity contribution in [3.05, 3.63) is 54.4 Å². The SMILES string of the molecule is CC(C(=O)Nc1cccc(S(=O)(=O)NCCN)c1)c1cccnc1.Cl.Cl. The third-order valence-corrected chi connectivity index (χ3v) is 4.88. The second-order valence-corrected chi connectivity index (χ2v) is 6.98. The Kier molecular flexibility index (Phi) is 10.4. The number of anilines is 1. The summed E-state index contributed by atoms with van der Waals surface area (Å²) >= 11 is 0. The lowest BCUT2D eigenvalue weighted by molar-refractivity contribution is -0.117. The van der Waals surface area contributed by atoms with Gasteiger partial charge in [0, 0.05) is 31.2 Å². The summed E-state index contributed by atoms with van der Waals surface area (Å²) in [5.41, 5.74) is 6.50. The number of hydrogen-bond donors (Lipinski definition) is 3. The standard InChI is InChI=1S/C16H20N4O3S.2ClH/c1-12(13-4-3-8-18-11-13)16(21)20-14-5-2-6-15(10-14)24(22,23)19-9-7-17;;/h2-6,8,10-12,19H,7,9,17H2,1H3,(H,20,21);2*1H. The van der Waals surface area contributed by atoms with Gasteiger partial charge in [-0.15, -0.1) is 24.8 Å². The molecule has 1 amide bonds. The van der Waals surface area contributed by atoms with E-state index in [0.29, 0.717) is 5.69 Å². The molecule has 2 aromatic rings. The summed E-state index contributed by atoms with van der Waals surface area (Å²) in [4.78, 5) is 16.4. The third kappa shape index (κ3) is 6.54. The van der Waals surface area contributed by atoms with Gasteiger partial charge in [0.1, 0.15) is 0 Å². The minimum absolute atomic E-state index is 0. The van der Waals surface area contributed by atoms with Crippen LogP contribution < -0.4 is 15.8 Å². The van der Waals surface area contributed by atoms with Crippen molar-refractivity contribution in [2.24, 2.45) is 5.73 Å². The highest BCUT2D eigenvalue weighted by atomic mass is 35.5. The molecule has 0 spiro atoms. The number of halogens is 2. The Morgan fingerprint density at radius 2 is 1.96 bits per heavy atom. The van der Waals surface area contributed by atoms with E-state index in [4.69, 9.17) is 5.73 Å². The summed E-state index contributed by atoms with van der Waals surface area (Å²) in [6, 6.07) is 9.65. The van der Waals surface area contributed by atoms with Crippen molar-refractivity contribution in [3.63, 3.8) is 0 Å². The number of sulfonamides is 1. The molecule has 0 aliphatic carbocycles. The van der Waals surface area contributed by atoms with Crippen molar-refractivity contribution < 1.29 is 13.2 Å². The van der Waals surface area contributed by atoms with E-state index in [1.54, 1.807) is 37.5 Å². The molecule has 0 aliphatic rings. The highest BCUT2D eigenvalue weighted by Gasteiger charge is 2.17. The summed E-state index contributed by atoms with van der Waals surface area (Å²) in [5, 5.41) is 2.73. The van der Waals surface area contributed by atoms with E-state index in [2.05, 4.69) is 15.0 Å². The van der Waals surface area contributed by atoms with Crippen LogP contribution in [0, 0.1) is 0 Å². The van der Waals surface area contributed by atoms with Gasteiger partial charge >= 0.3 is 0 Å². The average Bonchev–Trinajstić information content (AvgIpc) is 2.60. The number of nitrogens with one attached hydrogen (secondary N) is 2. The first-order valence-electron chi connectivity index (χ1n) is 7.44. The van der Waals surface area contributed by atoms with Crippen LogP contribution in [0.15, 0.2) is 53.7 Å². The molecular formula is C16H22Cl2N4O3S. The number of hydrogen-bond acceptors (Lipinski definition) is 5. The predicted molar refractivity (Wildman–Crippen MR) is 106 cm³/mol. The topological polar surface area (TPSA) is 114 Å². The van der Waals surface area contributed by atoms with Crippen LogP contribution >= 0.6 is 24.8 Å². The van der Waals surface area contributed by atoms with Crippen molar-refractivity contribution in [1.82, 2.24) is 9.71 Å². The molecule has 2 rings (SSSR count).